The van der Waals surface area contributed by atoms with Crippen molar-refractivity contribution in [2.45, 2.75) is 0 Å². The molecular formula is C8H5ClN2O4S. The first-order valence-electron chi connectivity index (χ1n) is 4.10. The van der Waals surface area contributed by atoms with Crippen LogP contribution in [0.2, 0.25) is 0 Å². The molecule has 16 heavy (non-hydrogen) atoms. The van der Waals surface area contributed by atoms with Crippen molar-refractivity contribution in [1.29, 1.82) is 0 Å². The normalized spacial score (nSPS) is 15.4. The molecule has 2 amide bonds. The minimum absolute atomic E-state index is 0.139. The van der Waals surface area contributed by atoms with Crippen LogP contribution in [0.25, 0.3) is 0 Å². The molecule has 0 saturated carbocycles. The lowest BCUT2D eigenvalue weighted by molar-refractivity contribution is 0.0620. The number of hydrazine groups is 1. The number of benzene rings is 1. The largest absolute Gasteiger partial charge is 0.314 e. The molecule has 0 radical (unpaired) electrons. The zero-order valence-corrected chi connectivity index (χ0v) is 9.25. The third-order valence-corrected chi connectivity index (χ3v) is 2.60. The zero-order chi connectivity index (χ0) is 11.9. The molecule has 1 aromatic rings. The van der Waals surface area contributed by atoms with Gasteiger partial charge in [-0.1, -0.05) is 12.1 Å². The Balaban J connectivity index is 2.43. The van der Waals surface area contributed by atoms with Crippen LogP contribution in [-0.4, -0.2) is 25.2 Å². The van der Waals surface area contributed by atoms with Gasteiger partial charge in [-0.3, -0.25) is 9.59 Å². The Kier molecular flexibility index (Phi) is 2.45. The van der Waals surface area contributed by atoms with Gasteiger partial charge in [-0.2, -0.15) is 13.4 Å². The molecule has 0 aliphatic carbocycles. The van der Waals surface area contributed by atoms with E-state index >= 15 is 0 Å². The molecule has 0 unspecified atom stereocenters. The number of halogens is 1. The van der Waals surface area contributed by atoms with Crippen LogP contribution in [0.4, 0.5) is 0 Å². The summed E-state index contributed by atoms with van der Waals surface area (Å²) in [6.45, 7) is 0. The van der Waals surface area contributed by atoms with E-state index in [0.717, 1.165) is 0 Å². The van der Waals surface area contributed by atoms with Gasteiger partial charge in [0.2, 0.25) is 0 Å². The standard InChI is InChI=1S/C8H5ClN2O4S/c9-16(14,15)10-11-7(12)5-3-1-2-4-6(5)8(11)13/h1-4,10H. The predicted molar refractivity (Wildman–Crippen MR) is 54.9 cm³/mol. The quantitative estimate of drug-likeness (QED) is 0.611. The monoisotopic (exact) mass is 260 g/mol. The van der Waals surface area contributed by atoms with Crippen molar-refractivity contribution in [1.82, 2.24) is 9.84 Å². The Morgan fingerprint density at radius 1 is 1.06 bits per heavy atom. The van der Waals surface area contributed by atoms with E-state index in [-0.39, 0.29) is 11.1 Å². The number of amides is 2. The van der Waals surface area contributed by atoms with Crippen molar-refractivity contribution in [2.24, 2.45) is 0 Å². The molecule has 0 fully saturated rings. The van der Waals surface area contributed by atoms with Crippen LogP contribution in [0.3, 0.4) is 0 Å². The molecule has 1 aromatic carbocycles. The lowest BCUT2D eigenvalue weighted by Crippen LogP contribution is -2.43. The van der Waals surface area contributed by atoms with Gasteiger partial charge in [0.1, 0.15) is 0 Å². The van der Waals surface area contributed by atoms with Gasteiger partial charge >= 0.3 is 9.24 Å². The number of nitrogens with zero attached hydrogens (tertiary/aromatic N) is 1. The van der Waals surface area contributed by atoms with Gasteiger partial charge in [-0.25, -0.2) is 0 Å². The summed E-state index contributed by atoms with van der Waals surface area (Å²) in [4.78, 5) is 24.8. The van der Waals surface area contributed by atoms with Crippen LogP contribution in [0.1, 0.15) is 20.7 Å². The maximum atomic E-state index is 11.6. The number of hydrogen-bond donors (Lipinski definition) is 1. The van der Waals surface area contributed by atoms with Crippen LogP contribution in [0.5, 0.6) is 0 Å². The van der Waals surface area contributed by atoms with E-state index < -0.39 is 21.1 Å². The maximum absolute atomic E-state index is 11.6. The highest BCUT2D eigenvalue weighted by Crippen LogP contribution is 2.21. The van der Waals surface area contributed by atoms with Crippen LogP contribution in [0.15, 0.2) is 24.3 Å². The summed E-state index contributed by atoms with van der Waals surface area (Å²) >= 11 is 0. The molecule has 84 valence electrons. The minimum Gasteiger partial charge on any atom is -0.267 e. The lowest BCUT2D eigenvalue weighted by Gasteiger charge is -2.11. The lowest BCUT2D eigenvalue weighted by atomic mass is 10.1. The highest BCUT2D eigenvalue weighted by atomic mass is 35.7. The first-order valence-corrected chi connectivity index (χ1v) is 6.41. The van der Waals surface area contributed by atoms with Gasteiger partial charge in [0.15, 0.2) is 0 Å². The van der Waals surface area contributed by atoms with E-state index in [0.29, 0.717) is 5.01 Å². The summed E-state index contributed by atoms with van der Waals surface area (Å²) in [6.07, 6.45) is 0. The number of imide groups is 1. The van der Waals surface area contributed by atoms with Crippen LogP contribution in [-0.2, 0) is 9.24 Å². The highest BCUT2D eigenvalue weighted by molar-refractivity contribution is 8.12. The second-order valence-electron chi connectivity index (χ2n) is 3.02. The fourth-order valence-electron chi connectivity index (χ4n) is 1.38. The van der Waals surface area contributed by atoms with E-state index in [9.17, 15) is 18.0 Å². The van der Waals surface area contributed by atoms with Crippen molar-refractivity contribution in [3.05, 3.63) is 35.4 Å². The highest BCUT2D eigenvalue weighted by Gasteiger charge is 2.37. The Morgan fingerprint density at radius 3 is 1.88 bits per heavy atom. The van der Waals surface area contributed by atoms with E-state index in [1.807, 2.05) is 0 Å². The van der Waals surface area contributed by atoms with Gasteiger partial charge in [0.25, 0.3) is 11.8 Å². The molecule has 0 saturated heterocycles. The molecule has 1 aliphatic rings. The summed E-state index contributed by atoms with van der Waals surface area (Å²) in [5, 5.41) is 0.368. The van der Waals surface area contributed by atoms with Crippen LogP contribution >= 0.6 is 10.7 Å². The number of hydrogen-bond acceptors (Lipinski definition) is 4. The molecule has 0 aromatic heterocycles. The molecule has 1 heterocycles. The molecule has 2 rings (SSSR count). The summed E-state index contributed by atoms with van der Waals surface area (Å²) in [5.41, 5.74) is 0.278. The van der Waals surface area contributed by atoms with E-state index in [1.54, 1.807) is 17.0 Å². The average Bonchev–Trinajstić information content (AvgIpc) is 2.43. The first-order chi connectivity index (χ1) is 7.40. The second kappa shape index (κ2) is 3.55. The Bertz CT molecular complexity index is 548. The molecule has 0 atom stereocenters. The smallest absolute Gasteiger partial charge is 0.267 e. The topological polar surface area (TPSA) is 83.6 Å². The molecular weight excluding hydrogens is 256 g/mol. The first kappa shape index (κ1) is 11.1. The number of carbonyl (C=O) groups is 2. The SMILES string of the molecule is O=C1c2ccccc2C(=O)N1NS(=O)(=O)Cl. The van der Waals surface area contributed by atoms with Crippen molar-refractivity contribution in [3.8, 4) is 0 Å². The minimum atomic E-state index is -4.18. The van der Waals surface area contributed by atoms with Crippen molar-refractivity contribution >= 4 is 31.7 Å². The molecule has 6 nitrogen and oxygen atoms in total. The Morgan fingerprint density at radius 2 is 1.50 bits per heavy atom. The van der Waals surface area contributed by atoms with Gasteiger partial charge in [0.05, 0.1) is 11.1 Å². The van der Waals surface area contributed by atoms with Gasteiger partial charge in [-0.15, -0.1) is 4.83 Å². The Labute approximate surface area is 95.3 Å². The van der Waals surface area contributed by atoms with Gasteiger partial charge in [-0.05, 0) is 12.1 Å². The molecule has 8 heteroatoms. The van der Waals surface area contributed by atoms with Crippen molar-refractivity contribution in [2.75, 3.05) is 0 Å². The number of carbonyl (C=O) groups excluding carboxylic acids is 2. The second-order valence-corrected chi connectivity index (χ2v) is 5.30. The molecule has 0 bridgehead atoms. The maximum Gasteiger partial charge on any atom is 0.314 e. The van der Waals surface area contributed by atoms with E-state index in [1.165, 1.54) is 12.1 Å². The predicted octanol–water partition coefficient (Wildman–Crippen LogP) is 0.271. The van der Waals surface area contributed by atoms with E-state index in [2.05, 4.69) is 0 Å². The summed E-state index contributed by atoms with van der Waals surface area (Å²) < 4.78 is 21.5. The number of nitrogens with one attached hydrogen (secondary N) is 1. The van der Waals surface area contributed by atoms with E-state index in [4.69, 9.17) is 10.7 Å². The molecule has 1 aliphatic heterocycles. The zero-order valence-electron chi connectivity index (χ0n) is 7.68. The number of rotatable bonds is 2. The third kappa shape index (κ3) is 1.80. The van der Waals surface area contributed by atoms with Crippen LogP contribution in [0, 0.1) is 0 Å². The van der Waals surface area contributed by atoms with Crippen molar-refractivity contribution in [3.63, 3.8) is 0 Å². The average molecular weight is 261 g/mol. The summed E-state index contributed by atoms with van der Waals surface area (Å²) in [6, 6.07) is 6.00. The molecule has 0 spiro atoms. The van der Waals surface area contributed by atoms with Gasteiger partial charge < -0.3 is 0 Å². The summed E-state index contributed by atoms with van der Waals surface area (Å²) in [7, 11) is 0.717. The summed E-state index contributed by atoms with van der Waals surface area (Å²) in [5.74, 6) is -1.49. The van der Waals surface area contributed by atoms with Gasteiger partial charge in [0, 0.05) is 10.7 Å². The fourth-order valence-corrected chi connectivity index (χ4v) is 1.97. The fraction of sp³-hybridized carbons (Fsp3) is 0. The number of fused-ring (bicyclic) bond motifs is 1. The van der Waals surface area contributed by atoms with Crippen molar-refractivity contribution < 1.29 is 18.0 Å². The van der Waals surface area contributed by atoms with Crippen LogP contribution < -0.4 is 4.83 Å². The third-order valence-electron chi connectivity index (χ3n) is 1.99. The Hall–Kier alpha value is -1.44. The molecule has 1 N–H and O–H groups in total.